The number of hydrogen-bond donors (Lipinski definition) is 2. The van der Waals surface area contributed by atoms with Gasteiger partial charge in [0.05, 0.1) is 18.7 Å². The standard InChI is InChI=1S/C29H38N2O4S/c1-20-6-9-24(36-20)5-3-4-15-31-16-13-21(22(19-31)17-29(33)34)7-11-28(32)25-12-14-30-27-10-8-23(35-2)18-26(25)27/h6,8-10,12,14,18,21-22,28,32H,3-5,7,11,13,15-17,19H2,1-2H3,(H,33,34)/t21-,22+,28?/m1/s1. The highest BCUT2D eigenvalue weighted by Gasteiger charge is 2.31. The number of aliphatic carboxylic acids is 1. The molecule has 1 saturated heterocycles. The Morgan fingerprint density at radius 3 is 2.83 bits per heavy atom. The lowest BCUT2D eigenvalue weighted by Crippen LogP contribution is -2.41. The van der Waals surface area contributed by atoms with Gasteiger partial charge in [0.1, 0.15) is 5.75 Å². The van der Waals surface area contributed by atoms with Crippen LogP contribution in [0.25, 0.3) is 10.9 Å². The first-order chi connectivity index (χ1) is 17.4. The molecule has 2 N–H and O–H groups in total. The van der Waals surface area contributed by atoms with E-state index >= 15 is 0 Å². The number of aliphatic hydroxyl groups excluding tert-OH is 1. The van der Waals surface area contributed by atoms with Crippen LogP contribution in [0.15, 0.2) is 42.6 Å². The number of likely N-dealkylation sites (tertiary alicyclic amines) is 1. The SMILES string of the molecule is COc1ccc2nccc(C(O)CC[C@@H]3CCN(CCCCc4ccc(C)s4)C[C@@H]3CC(=O)O)c2c1. The number of unbranched alkanes of at least 4 members (excludes halogenated alkanes) is 1. The number of piperidine rings is 1. The fraction of sp³-hybridized carbons (Fsp3) is 0.517. The summed E-state index contributed by atoms with van der Waals surface area (Å²) in [5.41, 5.74) is 1.69. The van der Waals surface area contributed by atoms with Gasteiger partial charge in [-0.05, 0) is 112 Å². The van der Waals surface area contributed by atoms with Crippen LogP contribution in [0.4, 0.5) is 0 Å². The summed E-state index contributed by atoms with van der Waals surface area (Å²) in [5, 5.41) is 21.5. The first-order valence-corrected chi connectivity index (χ1v) is 13.8. The molecule has 6 nitrogen and oxygen atoms in total. The van der Waals surface area contributed by atoms with Crippen molar-refractivity contribution in [3.05, 3.63) is 57.9 Å². The quantitative estimate of drug-likeness (QED) is 0.297. The van der Waals surface area contributed by atoms with E-state index in [-0.39, 0.29) is 12.3 Å². The van der Waals surface area contributed by atoms with E-state index in [2.05, 4.69) is 28.9 Å². The second-order valence-corrected chi connectivity index (χ2v) is 11.4. The summed E-state index contributed by atoms with van der Waals surface area (Å²) >= 11 is 1.88. The number of hydrogen-bond acceptors (Lipinski definition) is 6. The van der Waals surface area contributed by atoms with Gasteiger partial charge in [-0.1, -0.05) is 0 Å². The monoisotopic (exact) mass is 510 g/mol. The Morgan fingerprint density at radius 2 is 2.08 bits per heavy atom. The maximum atomic E-state index is 11.6. The van der Waals surface area contributed by atoms with Gasteiger partial charge in [0.2, 0.25) is 0 Å². The van der Waals surface area contributed by atoms with Crippen LogP contribution in [0.5, 0.6) is 5.75 Å². The van der Waals surface area contributed by atoms with Gasteiger partial charge in [0.25, 0.3) is 0 Å². The minimum atomic E-state index is -0.729. The highest BCUT2D eigenvalue weighted by atomic mass is 32.1. The number of ether oxygens (including phenoxy) is 1. The molecule has 3 aromatic rings. The molecule has 1 aromatic carbocycles. The first-order valence-electron chi connectivity index (χ1n) is 13.0. The molecule has 0 saturated carbocycles. The molecule has 1 unspecified atom stereocenters. The van der Waals surface area contributed by atoms with Crippen LogP contribution in [-0.4, -0.2) is 52.8 Å². The topological polar surface area (TPSA) is 82.9 Å². The molecule has 2 aromatic heterocycles. The number of carbonyl (C=O) groups is 1. The maximum absolute atomic E-state index is 11.6. The second-order valence-electron chi connectivity index (χ2n) is 10.1. The predicted octanol–water partition coefficient (Wildman–Crippen LogP) is 5.86. The van der Waals surface area contributed by atoms with Gasteiger partial charge in [-0.25, -0.2) is 0 Å². The lowest BCUT2D eigenvalue weighted by atomic mass is 9.79. The van der Waals surface area contributed by atoms with Crippen molar-refractivity contribution in [3.63, 3.8) is 0 Å². The maximum Gasteiger partial charge on any atom is 0.303 e. The van der Waals surface area contributed by atoms with Gasteiger partial charge >= 0.3 is 5.97 Å². The lowest BCUT2D eigenvalue weighted by Gasteiger charge is -2.38. The molecule has 1 fully saturated rings. The zero-order valence-corrected chi connectivity index (χ0v) is 22.2. The van der Waals surface area contributed by atoms with Crippen LogP contribution >= 0.6 is 11.3 Å². The van der Waals surface area contributed by atoms with E-state index in [4.69, 9.17) is 4.74 Å². The van der Waals surface area contributed by atoms with E-state index < -0.39 is 12.1 Å². The van der Waals surface area contributed by atoms with E-state index in [0.29, 0.717) is 12.3 Å². The van der Waals surface area contributed by atoms with Crippen molar-refractivity contribution in [1.82, 2.24) is 9.88 Å². The number of carboxylic acids is 1. The van der Waals surface area contributed by atoms with Gasteiger partial charge in [0.15, 0.2) is 0 Å². The zero-order valence-electron chi connectivity index (χ0n) is 21.4. The number of thiophene rings is 1. The average Bonchev–Trinajstić information content (AvgIpc) is 3.29. The summed E-state index contributed by atoms with van der Waals surface area (Å²) in [6.45, 7) is 5.02. The van der Waals surface area contributed by atoms with Crippen molar-refractivity contribution >= 4 is 28.2 Å². The van der Waals surface area contributed by atoms with Gasteiger partial charge in [-0.2, -0.15) is 0 Å². The summed E-state index contributed by atoms with van der Waals surface area (Å²) < 4.78 is 5.36. The Bertz CT molecular complexity index is 1150. The number of nitrogens with zero attached hydrogens (tertiary/aromatic N) is 2. The Kier molecular flexibility index (Phi) is 9.35. The molecule has 1 aliphatic heterocycles. The van der Waals surface area contributed by atoms with Crippen molar-refractivity contribution in [2.45, 2.75) is 58.0 Å². The number of pyridine rings is 1. The molecule has 7 heteroatoms. The predicted molar refractivity (Wildman–Crippen MR) is 145 cm³/mol. The van der Waals surface area contributed by atoms with Crippen LogP contribution in [0, 0.1) is 18.8 Å². The van der Waals surface area contributed by atoms with Crippen molar-refractivity contribution in [1.29, 1.82) is 0 Å². The molecule has 0 aliphatic carbocycles. The Hall–Kier alpha value is -2.48. The molecular formula is C29H38N2O4S. The third-order valence-electron chi connectivity index (χ3n) is 7.51. The van der Waals surface area contributed by atoms with Crippen LogP contribution in [0.2, 0.25) is 0 Å². The summed E-state index contributed by atoms with van der Waals surface area (Å²) in [6.07, 6.45) is 7.15. The molecule has 1 aliphatic rings. The number of methoxy groups -OCH3 is 1. The second kappa shape index (κ2) is 12.7. The summed E-state index contributed by atoms with van der Waals surface area (Å²) in [6, 6.07) is 12.0. The van der Waals surface area contributed by atoms with Gasteiger partial charge in [0, 0.05) is 34.3 Å². The molecule has 36 heavy (non-hydrogen) atoms. The number of aliphatic hydroxyl groups is 1. The minimum absolute atomic E-state index is 0.123. The highest BCUT2D eigenvalue weighted by Crippen LogP contribution is 2.35. The van der Waals surface area contributed by atoms with Crippen molar-refractivity contribution in [3.8, 4) is 5.75 Å². The van der Waals surface area contributed by atoms with Crippen molar-refractivity contribution in [2.75, 3.05) is 26.7 Å². The van der Waals surface area contributed by atoms with Gasteiger partial charge in [-0.3, -0.25) is 9.78 Å². The number of aryl methyl sites for hydroxylation is 2. The van der Waals surface area contributed by atoms with Gasteiger partial charge < -0.3 is 19.8 Å². The average molecular weight is 511 g/mol. The van der Waals surface area contributed by atoms with Crippen molar-refractivity contribution < 1.29 is 19.7 Å². The van der Waals surface area contributed by atoms with E-state index in [1.165, 1.54) is 16.2 Å². The fourth-order valence-corrected chi connectivity index (χ4v) is 6.47. The first kappa shape index (κ1) is 26.6. The number of carboxylic acid groups (broad SMARTS) is 1. The number of aromatic nitrogens is 1. The van der Waals surface area contributed by atoms with E-state index in [1.54, 1.807) is 13.3 Å². The Balaban J connectivity index is 1.31. The van der Waals surface area contributed by atoms with Gasteiger partial charge in [-0.15, -0.1) is 11.3 Å². The molecule has 3 heterocycles. The Labute approximate surface area is 217 Å². The number of benzene rings is 1. The summed E-state index contributed by atoms with van der Waals surface area (Å²) in [5.74, 6) is 0.442. The minimum Gasteiger partial charge on any atom is -0.497 e. The molecule has 4 rings (SSSR count). The summed E-state index contributed by atoms with van der Waals surface area (Å²) in [7, 11) is 1.63. The largest absolute Gasteiger partial charge is 0.497 e. The molecule has 0 amide bonds. The zero-order chi connectivity index (χ0) is 25.5. The van der Waals surface area contributed by atoms with Crippen LogP contribution in [0.1, 0.15) is 59.9 Å². The van der Waals surface area contributed by atoms with Crippen LogP contribution < -0.4 is 4.74 Å². The molecule has 0 spiro atoms. The Morgan fingerprint density at radius 1 is 1.22 bits per heavy atom. The third kappa shape index (κ3) is 7.05. The number of fused-ring (bicyclic) bond motifs is 1. The van der Waals surface area contributed by atoms with Crippen LogP contribution in [-0.2, 0) is 11.2 Å². The normalized spacial score (nSPS) is 19.4. The molecule has 194 valence electrons. The highest BCUT2D eigenvalue weighted by molar-refractivity contribution is 7.11. The summed E-state index contributed by atoms with van der Waals surface area (Å²) in [4.78, 5) is 21.3. The van der Waals surface area contributed by atoms with Crippen LogP contribution in [0.3, 0.4) is 0 Å². The molecule has 3 atom stereocenters. The molecule has 0 bridgehead atoms. The van der Waals surface area contributed by atoms with Crippen molar-refractivity contribution in [2.24, 2.45) is 11.8 Å². The van der Waals surface area contributed by atoms with E-state index in [1.807, 2.05) is 35.6 Å². The molecule has 0 radical (unpaired) electrons. The smallest absolute Gasteiger partial charge is 0.303 e. The van der Waals surface area contributed by atoms with E-state index in [0.717, 1.165) is 67.5 Å². The van der Waals surface area contributed by atoms with E-state index in [9.17, 15) is 15.0 Å². The molecular weight excluding hydrogens is 472 g/mol. The lowest BCUT2D eigenvalue weighted by molar-refractivity contribution is -0.139. The fourth-order valence-electron chi connectivity index (χ4n) is 5.54. The third-order valence-corrected chi connectivity index (χ3v) is 8.57. The number of rotatable bonds is 12.